The molecular formula is C25H26ClN3O4S. The molecule has 1 amide bonds. The second-order valence-electron chi connectivity index (χ2n) is 8.00. The van der Waals surface area contributed by atoms with Crippen molar-refractivity contribution in [2.75, 3.05) is 35.1 Å². The molecule has 1 aliphatic rings. The summed E-state index contributed by atoms with van der Waals surface area (Å²) in [5.74, 6) is 0.0567. The highest BCUT2D eigenvalue weighted by molar-refractivity contribution is 7.93. The summed E-state index contributed by atoms with van der Waals surface area (Å²) in [6.45, 7) is 1.54. The number of halogens is 1. The van der Waals surface area contributed by atoms with Crippen LogP contribution in [-0.2, 0) is 10.0 Å². The van der Waals surface area contributed by atoms with Crippen molar-refractivity contribution in [3.8, 4) is 5.75 Å². The fourth-order valence-electron chi connectivity index (χ4n) is 3.94. The maximum absolute atomic E-state index is 13.6. The number of hydrogen-bond donors (Lipinski definition) is 2. The van der Waals surface area contributed by atoms with Gasteiger partial charge in [-0.05, 0) is 73.9 Å². The topological polar surface area (TPSA) is 87.7 Å². The molecule has 1 saturated heterocycles. The number of piperidine rings is 1. The van der Waals surface area contributed by atoms with Gasteiger partial charge in [0.05, 0.1) is 18.5 Å². The van der Waals surface area contributed by atoms with E-state index < -0.39 is 10.0 Å². The third kappa shape index (κ3) is 5.46. The summed E-state index contributed by atoms with van der Waals surface area (Å²) < 4.78 is 35.1. The molecule has 0 saturated carbocycles. The highest BCUT2D eigenvalue weighted by Crippen LogP contribution is 2.34. The Balaban J connectivity index is 1.70. The van der Waals surface area contributed by atoms with E-state index in [-0.39, 0.29) is 10.8 Å². The number of amides is 1. The minimum Gasteiger partial charge on any atom is -0.495 e. The van der Waals surface area contributed by atoms with Gasteiger partial charge >= 0.3 is 0 Å². The zero-order valence-electron chi connectivity index (χ0n) is 18.8. The fourth-order valence-corrected chi connectivity index (χ4v) is 5.39. The van der Waals surface area contributed by atoms with Crippen molar-refractivity contribution in [3.63, 3.8) is 0 Å². The molecule has 0 spiro atoms. The summed E-state index contributed by atoms with van der Waals surface area (Å²) in [5, 5.41) is 3.32. The summed E-state index contributed by atoms with van der Waals surface area (Å²) in [5.41, 5.74) is 1.74. The van der Waals surface area contributed by atoms with E-state index in [0.717, 1.165) is 32.4 Å². The number of anilines is 3. The standard InChI is InChI=1S/C25H26ClN3O4S/c1-33-23-8-4-3-7-21(23)28-34(31,32)24-17-20(13-14-22(24)29-15-5-2-6-16-29)27-25(30)18-9-11-19(26)12-10-18/h3-4,7-14,17,28H,2,5-6,15-16H2,1H3,(H,27,30). The van der Waals surface area contributed by atoms with Gasteiger partial charge in [-0.1, -0.05) is 23.7 Å². The number of para-hydroxylation sites is 2. The van der Waals surface area contributed by atoms with Gasteiger partial charge in [-0.15, -0.1) is 0 Å². The van der Waals surface area contributed by atoms with Crippen molar-refractivity contribution in [1.82, 2.24) is 0 Å². The molecule has 4 rings (SSSR count). The van der Waals surface area contributed by atoms with Gasteiger partial charge in [0.25, 0.3) is 15.9 Å². The Morgan fingerprint density at radius 1 is 0.971 bits per heavy atom. The zero-order valence-corrected chi connectivity index (χ0v) is 20.3. The van der Waals surface area contributed by atoms with Gasteiger partial charge in [-0.3, -0.25) is 9.52 Å². The molecule has 34 heavy (non-hydrogen) atoms. The van der Waals surface area contributed by atoms with Crippen molar-refractivity contribution in [1.29, 1.82) is 0 Å². The SMILES string of the molecule is COc1ccccc1NS(=O)(=O)c1cc(NC(=O)c2ccc(Cl)cc2)ccc1N1CCCCC1. The van der Waals surface area contributed by atoms with E-state index in [9.17, 15) is 13.2 Å². The van der Waals surface area contributed by atoms with Crippen molar-refractivity contribution in [2.24, 2.45) is 0 Å². The second-order valence-corrected chi connectivity index (χ2v) is 10.1. The molecule has 0 atom stereocenters. The third-order valence-corrected chi connectivity index (χ3v) is 7.31. The molecule has 0 aromatic heterocycles. The Hall–Kier alpha value is -3.23. The summed E-state index contributed by atoms with van der Waals surface area (Å²) in [4.78, 5) is 14.9. The maximum Gasteiger partial charge on any atom is 0.264 e. The van der Waals surface area contributed by atoms with Crippen LogP contribution < -0.4 is 19.7 Å². The molecule has 0 bridgehead atoms. The predicted octanol–water partition coefficient (Wildman–Crippen LogP) is 5.39. The molecule has 0 unspecified atom stereocenters. The molecule has 3 aromatic carbocycles. The first-order chi connectivity index (χ1) is 16.4. The monoisotopic (exact) mass is 499 g/mol. The van der Waals surface area contributed by atoms with Crippen molar-refractivity contribution in [3.05, 3.63) is 77.3 Å². The van der Waals surface area contributed by atoms with Crippen molar-refractivity contribution >= 4 is 44.6 Å². The Kier molecular flexibility index (Phi) is 7.29. The number of ether oxygens (including phenoxy) is 1. The van der Waals surface area contributed by atoms with Gasteiger partial charge < -0.3 is 15.0 Å². The maximum atomic E-state index is 13.6. The van der Waals surface area contributed by atoms with E-state index in [1.807, 2.05) is 0 Å². The smallest absolute Gasteiger partial charge is 0.264 e. The van der Waals surface area contributed by atoms with Gasteiger partial charge in [0.2, 0.25) is 0 Å². The summed E-state index contributed by atoms with van der Waals surface area (Å²) >= 11 is 5.91. The summed E-state index contributed by atoms with van der Waals surface area (Å²) in [7, 11) is -2.51. The molecule has 3 aromatic rings. The van der Waals surface area contributed by atoms with Crippen LogP contribution in [0.2, 0.25) is 5.02 Å². The highest BCUT2D eigenvalue weighted by atomic mass is 35.5. The van der Waals surface area contributed by atoms with Crippen LogP contribution in [-0.4, -0.2) is 34.5 Å². The van der Waals surface area contributed by atoms with E-state index in [1.54, 1.807) is 60.7 Å². The number of rotatable bonds is 7. The minimum atomic E-state index is -3.99. The first-order valence-corrected chi connectivity index (χ1v) is 12.9. The van der Waals surface area contributed by atoms with Gasteiger partial charge in [-0.25, -0.2) is 8.42 Å². The molecule has 0 radical (unpaired) electrons. The molecule has 1 heterocycles. The van der Waals surface area contributed by atoms with Gasteiger partial charge in [0, 0.05) is 29.4 Å². The van der Waals surface area contributed by atoms with Crippen molar-refractivity contribution in [2.45, 2.75) is 24.2 Å². The Bertz CT molecular complexity index is 1270. The van der Waals surface area contributed by atoms with E-state index in [2.05, 4.69) is 14.9 Å². The highest BCUT2D eigenvalue weighted by Gasteiger charge is 2.25. The van der Waals surface area contributed by atoms with Crippen LogP contribution >= 0.6 is 11.6 Å². The largest absolute Gasteiger partial charge is 0.495 e. The van der Waals surface area contributed by atoms with Gasteiger partial charge in [0.1, 0.15) is 10.6 Å². The Labute approximate surface area is 204 Å². The summed E-state index contributed by atoms with van der Waals surface area (Å²) in [6, 6.07) is 18.3. The molecule has 7 nitrogen and oxygen atoms in total. The average molecular weight is 500 g/mol. The number of nitrogens with one attached hydrogen (secondary N) is 2. The molecule has 9 heteroatoms. The molecule has 178 valence electrons. The molecule has 1 aliphatic heterocycles. The van der Waals surface area contributed by atoms with Crippen LogP contribution in [0.5, 0.6) is 5.75 Å². The summed E-state index contributed by atoms with van der Waals surface area (Å²) in [6.07, 6.45) is 3.11. The molecule has 0 aliphatic carbocycles. The lowest BCUT2D eigenvalue weighted by Crippen LogP contribution is -2.31. The van der Waals surface area contributed by atoms with Crippen LogP contribution in [0, 0.1) is 0 Å². The first-order valence-electron chi connectivity index (χ1n) is 11.0. The van der Waals surface area contributed by atoms with E-state index >= 15 is 0 Å². The van der Waals surface area contributed by atoms with E-state index in [1.165, 1.54) is 13.2 Å². The molecular weight excluding hydrogens is 474 g/mol. The van der Waals surface area contributed by atoms with Crippen LogP contribution in [0.25, 0.3) is 0 Å². The number of methoxy groups -OCH3 is 1. The second kappa shape index (κ2) is 10.4. The lowest BCUT2D eigenvalue weighted by molar-refractivity contribution is 0.102. The number of sulfonamides is 1. The van der Waals surface area contributed by atoms with Crippen LogP contribution in [0.4, 0.5) is 17.1 Å². The average Bonchev–Trinajstić information content (AvgIpc) is 2.85. The third-order valence-electron chi connectivity index (χ3n) is 5.66. The number of hydrogen-bond acceptors (Lipinski definition) is 5. The number of carbonyl (C=O) groups is 1. The minimum absolute atomic E-state index is 0.0919. The lowest BCUT2D eigenvalue weighted by atomic mass is 10.1. The first kappa shape index (κ1) is 23.9. The van der Waals surface area contributed by atoms with E-state index in [0.29, 0.717) is 33.4 Å². The van der Waals surface area contributed by atoms with Crippen LogP contribution in [0.1, 0.15) is 29.6 Å². The predicted molar refractivity (Wildman–Crippen MR) is 136 cm³/mol. The molecule has 2 N–H and O–H groups in total. The van der Waals surface area contributed by atoms with Gasteiger partial charge in [-0.2, -0.15) is 0 Å². The number of nitrogens with zero attached hydrogens (tertiary/aromatic N) is 1. The van der Waals surface area contributed by atoms with Gasteiger partial charge in [0.15, 0.2) is 0 Å². The fraction of sp³-hybridized carbons (Fsp3) is 0.240. The van der Waals surface area contributed by atoms with Crippen molar-refractivity contribution < 1.29 is 17.9 Å². The van der Waals surface area contributed by atoms with E-state index in [4.69, 9.17) is 16.3 Å². The van der Waals surface area contributed by atoms with Crippen LogP contribution in [0.15, 0.2) is 71.6 Å². The Morgan fingerprint density at radius 2 is 1.68 bits per heavy atom. The normalized spacial score (nSPS) is 13.9. The quantitative estimate of drug-likeness (QED) is 0.455. The lowest BCUT2D eigenvalue weighted by Gasteiger charge is -2.30. The Morgan fingerprint density at radius 3 is 2.38 bits per heavy atom. The number of carbonyl (C=O) groups excluding carboxylic acids is 1. The zero-order chi connectivity index (χ0) is 24.1. The van der Waals surface area contributed by atoms with Crippen LogP contribution in [0.3, 0.4) is 0 Å². The number of benzene rings is 3. The molecule has 1 fully saturated rings.